The van der Waals surface area contributed by atoms with Gasteiger partial charge in [-0.1, -0.05) is 6.42 Å². The average molecular weight is 124 g/mol. The summed E-state index contributed by atoms with van der Waals surface area (Å²) in [6.45, 7) is 1.99. The lowest BCUT2D eigenvalue weighted by atomic mass is 10.1. The molecule has 0 saturated carbocycles. The summed E-state index contributed by atoms with van der Waals surface area (Å²) >= 11 is 0. The van der Waals surface area contributed by atoms with Crippen LogP contribution in [0.25, 0.3) is 0 Å². The van der Waals surface area contributed by atoms with E-state index in [4.69, 9.17) is 5.26 Å². The van der Waals surface area contributed by atoms with Crippen molar-refractivity contribution in [3.05, 3.63) is 0 Å². The number of nitrogens with one attached hydrogen (secondary N) is 1. The number of nitriles is 1. The van der Waals surface area contributed by atoms with Crippen molar-refractivity contribution < 1.29 is 0 Å². The zero-order valence-corrected chi connectivity index (χ0v) is 5.56. The number of rotatable bonds is 0. The predicted molar refractivity (Wildman–Crippen MR) is 35.8 cm³/mol. The molecule has 0 radical (unpaired) electrons. The summed E-state index contributed by atoms with van der Waals surface area (Å²) in [6.07, 6.45) is 3.53. The molecule has 1 aliphatic rings. The molecule has 1 heterocycles. The third-order valence-corrected chi connectivity index (χ3v) is 1.73. The first-order chi connectivity index (χ1) is 4.43. The molecule has 50 valence electrons. The second-order valence-electron chi connectivity index (χ2n) is 2.53. The first-order valence-corrected chi connectivity index (χ1v) is 3.54. The Morgan fingerprint density at radius 1 is 1.44 bits per heavy atom. The zero-order valence-electron chi connectivity index (χ0n) is 5.56. The van der Waals surface area contributed by atoms with Crippen LogP contribution in [0.5, 0.6) is 0 Å². The fourth-order valence-electron chi connectivity index (χ4n) is 1.13. The average Bonchev–Trinajstić information content (AvgIpc) is 2.13. The van der Waals surface area contributed by atoms with Crippen LogP contribution in [0.15, 0.2) is 0 Å². The smallest absolute Gasteiger partial charge is 0.0669 e. The fraction of sp³-hybridized carbons (Fsp3) is 0.857. The third-order valence-electron chi connectivity index (χ3n) is 1.73. The minimum absolute atomic E-state index is 0.271. The van der Waals surface area contributed by atoms with Crippen molar-refractivity contribution in [2.45, 2.75) is 19.3 Å². The van der Waals surface area contributed by atoms with Gasteiger partial charge in [0, 0.05) is 6.54 Å². The molecule has 2 nitrogen and oxygen atoms in total. The molecule has 2 heteroatoms. The van der Waals surface area contributed by atoms with Crippen molar-refractivity contribution in [2.75, 3.05) is 13.1 Å². The summed E-state index contributed by atoms with van der Waals surface area (Å²) < 4.78 is 0. The van der Waals surface area contributed by atoms with E-state index in [-0.39, 0.29) is 5.92 Å². The Bertz CT molecular complexity index is 107. The van der Waals surface area contributed by atoms with Crippen LogP contribution >= 0.6 is 0 Å². The molecule has 0 aromatic heterocycles. The van der Waals surface area contributed by atoms with Gasteiger partial charge >= 0.3 is 0 Å². The quantitative estimate of drug-likeness (QED) is 0.520. The van der Waals surface area contributed by atoms with Crippen LogP contribution in [0.4, 0.5) is 0 Å². The molecule has 0 amide bonds. The lowest BCUT2D eigenvalue weighted by molar-refractivity contribution is 0.590. The Labute approximate surface area is 55.9 Å². The molecule has 1 saturated heterocycles. The van der Waals surface area contributed by atoms with Crippen molar-refractivity contribution in [2.24, 2.45) is 5.92 Å². The molecule has 0 aromatic rings. The molecule has 9 heavy (non-hydrogen) atoms. The van der Waals surface area contributed by atoms with Gasteiger partial charge in [-0.3, -0.25) is 0 Å². The first kappa shape index (κ1) is 6.57. The predicted octanol–water partition coefficient (Wildman–Crippen LogP) is 0.900. The van der Waals surface area contributed by atoms with Gasteiger partial charge in [0.2, 0.25) is 0 Å². The highest BCUT2D eigenvalue weighted by Gasteiger charge is 2.08. The Morgan fingerprint density at radius 2 is 2.33 bits per heavy atom. The standard InChI is InChI=1S/C7H12N2/c8-5-7-3-1-2-4-9-6-7/h7,9H,1-4,6H2/t7-/m1/s1. The van der Waals surface area contributed by atoms with E-state index in [9.17, 15) is 0 Å². The summed E-state index contributed by atoms with van der Waals surface area (Å²) in [6, 6.07) is 2.28. The highest BCUT2D eigenvalue weighted by atomic mass is 14.9. The van der Waals surface area contributed by atoms with Crippen LogP contribution < -0.4 is 5.32 Å². The van der Waals surface area contributed by atoms with Gasteiger partial charge in [-0.15, -0.1) is 0 Å². The second kappa shape index (κ2) is 3.47. The van der Waals surface area contributed by atoms with Crippen LogP contribution in [-0.4, -0.2) is 13.1 Å². The molecule has 1 fully saturated rings. The van der Waals surface area contributed by atoms with Crippen molar-refractivity contribution in [1.29, 1.82) is 5.26 Å². The molecular weight excluding hydrogens is 112 g/mol. The van der Waals surface area contributed by atoms with Crippen LogP contribution in [0.2, 0.25) is 0 Å². The molecule has 1 atom stereocenters. The molecule has 1 aliphatic heterocycles. The summed E-state index contributed by atoms with van der Waals surface area (Å²) in [7, 11) is 0. The van der Waals surface area contributed by atoms with E-state index >= 15 is 0 Å². The van der Waals surface area contributed by atoms with E-state index in [2.05, 4.69) is 11.4 Å². The molecule has 0 aliphatic carbocycles. The summed E-state index contributed by atoms with van der Waals surface area (Å²) in [5.41, 5.74) is 0. The monoisotopic (exact) mass is 124 g/mol. The van der Waals surface area contributed by atoms with Crippen molar-refractivity contribution in [1.82, 2.24) is 5.32 Å². The molecule has 1 rings (SSSR count). The Morgan fingerprint density at radius 3 is 3.11 bits per heavy atom. The van der Waals surface area contributed by atoms with E-state index in [1.54, 1.807) is 0 Å². The highest BCUT2D eigenvalue weighted by molar-refractivity contribution is 4.85. The van der Waals surface area contributed by atoms with E-state index < -0.39 is 0 Å². The van der Waals surface area contributed by atoms with Gasteiger partial charge in [-0.25, -0.2) is 0 Å². The maximum atomic E-state index is 8.53. The zero-order chi connectivity index (χ0) is 6.53. The summed E-state index contributed by atoms with van der Waals surface area (Å²) in [5, 5.41) is 11.8. The van der Waals surface area contributed by atoms with E-state index in [0.29, 0.717) is 0 Å². The maximum absolute atomic E-state index is 8.53. The number of hydrogen-bond acceptors (Lipinski definition) is 2. The fourth-order valence-corrected chi connectivity index (χ4v) is 1.13. The third kappa shape index (κ3) is 2.03. The van der Waals surface area contributed by atoms with Gasteiger partial charge in [0.05, 0.1) is 12.0 Å². The van der Waals surface area contributed by atoms with Crippen molar-refractivity contribution >= 4 is 0 Å². The lowest BCUT2D eigenvalue weighted by Crippen LogP contribution is -2.19. The molecule has 1 N–H and O–H groups in total. The normalized spacial score (nSPS) is 28.6. The summed E-state index contributed by atoms with van der Waals surface area (Å²) in [4.78, 5) is 0. The Balaban J connectivity index is 2.29. The van der Waals surface area contributed by atoms with E-state index in [1.807, 2.05) is 0 Å². The Hall–Kier alpha value is -0.550. The van der Waals surface area contributed by atoms with Crippen LogP contribution in [0.3, 0.4) is 0 Å². The second-order valence-corrected chi connectivity index (χ2v) is 2.53. The minimum atomic E-state index is 0.271. The molecule has 0 unspecified atom stereocenters. The van der Waals surface area contributed by atoms with Crippen LogP contribution in [0, 0.1) is 17.2 Å². The van der Waals surface area contributed by atoms with Gasteiger partial charge < -0.3 is 5.32 Å². The number of hydrogen-bond donors (Lipinski definition) is 1. The lowest BCUT2D eigenvalue weighted by Gasteiger charge is -2.00. The molecule has 0 spiro atoms. The molecule has 0 bridgehead atoms. The van der Waals surface area contributed by atoms with Gasteiger partial charge in [-0.2, -0.15) is 5.26 Å². The topological polar surface area (TPSA) is 35.8 Å². The Kier molecular flexibility index (Phi) is 2.53. The minimum Gasteiger partial charge on any atom is -0.315 e. The van der Waals surface area contributed by atoms with E-state index in [0.717, 1.165) is 19.5 Å². The van der Waals surface area contributed by atoms with Gasteiger partial charge in [0.1, 0.15) is 0 Å². The van der Waals surface area contributed by atoms with Gasteiger partial charge in [0.15, 0.2) is 0 Å². The maximum Gasteiger partial charge on any atom is 0.0669 e. The molecule has 0 aromatic carbocycles. The largest absolute Gasteiger partial charge is 0.315 e. The SMILES string of the molecule is N#C[C@H]1CCCCNC1. The van der Waals surface area contributed by atoms with E-state index in [1.165, 1.54) is 12.8 Å². The number of nitrogens with zero attached hydrogens (tertiary/aromatic N) is 1. The first-order valence-electron chi connectivity index (χ1n) is 3.54. The van der Waals surface area contributed by atoms with Gasteiger partial charge in [0.25, 0.3) is 0 Å². The van der Waals surface area contributed by atoms with Gasteiger partial charge in [-0.05, 0) is 19.4 Å². The van der Waals surface area contributed by atoms with Crippen molar-refractivity contribution in [3.63, 3.8) is 0 Å². The molecular formula is C7H12N2. The summed E-state index contributed by atoms with van der Waals surface area (Å²) in [5.74, 6) is 0.271. The van der Waals surface area contributed by atoms with Crippen molar-refractivity contribution in [3.8, 4) is 6.07 Å². The highest BCUT2D eigenvalue weighted by Crippen LogP contribution is 2.08. The van der Waals surface area contributed by atoms with Crippen LogP contribution in [-0.2, 0) is 0 Å². The van der Waals surface area contributed by atoms with Crippen LogP contribution in [0.1, 0.15) is 19.3 Å².